The molecule has 28 heavy (non-hydrogen) atoms. The number of nitrogens with zero attached hydrogens (tertiary/aromatic N) is 6. The van der Waals surface area contributed by atoms with Crippen LogP contribution in [0.3, 0.4) is 0 Å². The molecular weight excluding hydrogens is 380 g/mol. The smallest absolute Gasteiger partial charge is 0.294 e. The summed E-state index contributed by atoms with van der Waals surface area (Å²) in [6.07, 6.45) is 0. The molecule has 8 nitrogen and oxygen atoms in total. The van der Waals surface area contributed by atoms with Gasteiger partial charge in [-0.05, 0) is 38.5 Å². The van der Waals surface area contributed by atoms with Crippen LogP contribution in [0.15, 0.2) is 39.0 Å². The first-order valence-electron chi connectivity index (χ1n) is 9.12. The Morgan fingerprint density at radius 2 is 1.86 bits per heavy atom. The zero-order valence-electron chi connectivity index (χ0n) is 16.2. The molecule has 0 radical (unpaired) electrons. The maximum atomic E-state index is 13.0. The Hall–Kier alpha value is -2.87. The van der Waals surface area contributed by atoms with Crippen molar-refractivity contribution in [1.82, 2.24) is 18.7 Å². The van der Waals surface area contributed by atoms with Crippen molar-refractivity contribution in [3.05, 3.63) is 55.7 Å². The highest BCUT2D eigenvalue weighted by Crippen LogP contribution is 2.30. The number of halogens is 1. The highest BCUT2D eigenvalue weighted by atomic mass is 35.5. The van der Waals surface area contributed by atoms with Gasteiger partial charge in [-0.1, -0.05) is 23.7 Å². The first kappa shape index (κ1) is 18.5. The number of hydrogen-bond donors (Lipinski definition) is 0. The van der Waals surface area contributed by atoms with Gasteiger partial charge < -0.3 is 0 Å². The molecule has 3 aromatic rings. The summed E-state index contributed by atoms with van der Waals surface area (Å²) in [4.78, 5) is 30.2. The molecule has 0 amide bonds. The molecule has 1 aliphatic heterocycles. The van der Waals surface area contributed by atoms with Gasteiger partial charge in [-0.3, -0.25) is 18.5 Å². The predicted octanol–water partition coefficient (Wildman–Crippen LogP) is 2.53. The van der Waals surface area contributed by atoms with Crippen LogP contribution in [0.1, 0.15) is 32.4 Å². The fourth-order valence-electron chi connectivity index (χ4n) is 3.53. The van der Waals surface area contributed by atoms with Gasteiger partial charge in [-0.2, -0.15) is 10.1 Å². The first-order chi connectivity index (χ1) is 13.3. The number of rotatable bonds is 3. The molecule has 3 heterocycles. The van der Waals surface area contributed by atoms with Gasteiger partial charge >= 0.3 is 5.69 Å². The number of aromatic nitrogens is 4. The number of aryl methyl sites for hydroxylation is 1. The molecule has 1 aromatic carbocycles. The van der Waals surface area contributed by atoms with Crippen LogP contribution >= 0.6 is 11.6 Å². The molecule has 0 N–H and O–H groups in total. The summed E-state index contributed by atoms with van der Waals surface area (Å²) < 4.78 is 4.53. The zero-order chi connectivity index (χ0) is 20.2. The lowest BCUT2D eigenvalue weighted by Crippen LogP contribution is -2.40. The van der Waals surface area contributed by atoms with Crippen molar-refractivity contribution in [3.63, 3.8) is 0 Å². The van der Waals surface area contributed by atoms with Crippen LogP contribution in [0, 0.1) is 0 Å². The Balaban J connectivity index is 1.95. The zero-order valence-corrected chi connectivity index (χ0v) is 16.9. The number of hydrazone groups is 1. The highest BCUT2D eigenvalue weighted by molar-refractivity contribution is 6.30. The second-order valence-electron chi connectivity index (χ2n) is 6.95. The number of imidazole rings is 1. The molecule has 0 unspecified atom stereocenters. The molecule has 4 rings (SSSR count). The second-order valence-corrected chi connectivity index (χ2v) is 7.38. The van der Waals surface area contributed by atoms with E-state index in [9.17, 15) is 9.59 Å². The fraction of sp³-hybridized carbons (Fsp3) is 0.368. The topological polar surface area (TPSA) is 77.4 Å². The minimum Gasteiger partial charge on any atom is -0.294 e. The lowest BCUT2D eigenvalue weighted by molar-refractivity contribution is 0.618. The van der Waals surface area contributed by atoms with Crippen LogP contribution in [-0.2, 0) is 20.1 Å². The summed E-state index contributed by atoms with van der Waals surface area (Å²) in [7, 11) is 1.64. The first-order valence-corrected chi connectivity index (χ1v) is 9.50. The van der Waals surface area contributed by atoms with E-state index < -0.39 is 0 Å². The Labute approximate surface area is 166 Å². The van der Waals surface area contributed by atoms with E-state index in [0.717, 1.165) is 11.3 Å². The minimum absolute atomic E-state index is 0.142. The molecule has 1 atom stereocenters. The molecule has 0 aliphatic carbocycles. The molecule has 146 valence electrons. The second kappa shape index (κ2) is 6.63. The third-order valence-corrected chi connectivity index (χ3v) is 5.47. The highest BCUT2D eigenvalue weighted by Gasteiger charge is 2.30. The minimum atomic E-state index is -0.370. The average Bonchev–Trinajstić information content (AvgIpc) is 3.08. The quantitative estimate of drug-likeness (QED) is 0.676. The van der Waals surface area contributed by atoms with Gasteiger partial charge in [0.15, 0.2) is 11.2 Å². The molecule has 0 fully saturated rings. The predicted molar refractivity (Wildman–Crippen MR) is 110 cm³/mol. The summed E-state index contributed by atoms with van der Waals surface area (Å²) in [6, 6.07) is 7.37. The van der Waals surface area contributed by atoms with Crippen molar-refractivity contribution in [1.29, 1.82) is 0 Å². The van der Waals surface area contributed by atoms with E-state index in [0.29, 0.717) is 35.2 Å². The van der Waals surface area contributed by atoms with Gasteiger partial charge in [-0.25, -0.2) is 9.80 Å². The normalized spacial score (nSPS) is 16.4. The Bertz CT molecular complexity index is 1220. The van der Waals surface area contributed by atoms with E-state index in [1.807, 2.05) is 42.7 Å². The molecule has 0 saturated carbocycles. The maximum Gasteiger partial charge on any atom is 0.332 e. The van der Waals surface area contributed by atoms with Crippen LogP contribution < -0.4 is 16.3 Å². The molecule has 1 aliphatic rings. The summed E-state index contributed by atoms with van der Waals surface area (Å²) in [5.74, 6) is 0.545. The third kappa shape index (κ3) is 2.67. The molecule has 0 spiro atoms. The lowest BCUT2D eigenvalue weighted by atomic mass is 10.2. The van der Waals surface area contributed by atoms with E-state index >= 15 is 0 Å². The van der Waals surface area contributed by atoms with Gasteiger partial charge in [0.1, 0.15) is 0 Å². The van der Waals surface area contributed by atoms with Crippen LogP contribution in [-0.4, -0.2) is 24.4 Å². The number of hydrogen-bond acceptors (Lipinski definition) is 5. The fourth-order valence-corrected chi connectivity index (χ4v) is 3.66. The van der Waals surface area contributed by atoms with Crippen molar-refractivity contribution < 1.29 is 0 Å². The molecule has 0 saturated heterocycles. The van der Waals surface area contributed by atoms with Crippen molar-refractivity contribution in [2.75, 3.05) is 5.01 Å². The van der Waals surface area contributed by atoms with Crippen molar-refractivity contribution >= 4 is 34.4 Å². The average molecular weight is 401 g/mol. The SMILES string of the molecule is CCn1c(=O)c2c(nc3n2[C@H](C)C(C)=NN3Cc2ccc(Cl)cc2)n(C)c1=O. The summed E-state index contributed by atoms with van der Waals surface area (Å²) in [5, 5.41) is 7.11. The van der Waals surface area contributed by atoms with Crippen LogP contribution in [0.4, 0.5) is 5.95 Å². The van der Waals surface area contributed by atoms with Crippen LogP contribution in [0.2, 0.25) is 5.02 Å². The van der Waals surface area contributed by atoms with Crippen LogP contribution in [0.5, 0.6) is 0 Å². The van der Waals surface area contributed by atoms with Crippen molar-refractivity contribution in [2.45, 2.75) is 39.9 Å². The number of benzene rings is 1. The van der Waals surface area contributed by atoms with Gasteiger partial charge in [0.05, 0.1) is 18.3 Å². The van der Waals surface area contributed by atoms with Gasteiger partial charge in [0, 0.05) is 18.6 Å². The molecule has 0 bridgehead atoms. The largest absolute Gasteiger partial charge is 0.332 e. The Morgan fingerprint density at radius 3 is 2.50 bits per heavy atom. The summed E-state index contributed by atoms with van der Waals surface area (Å²) >= 11 is 5.98. The maximum absolute atomic E-state index is 13.0. The van der Waals surface area contributed by atoms with E-state index in [1.165, 1.54) is 9.13 Å². The molecule has 9 heteroatoms. The van der Waals surface area contributed by atoms with E-state index in [2.05, 4.69) is 10.1 Å². The molecular formula is C19H21ClN6O2. The summed E-state index contributed by atoms with van der Waals surface area (Å²) in [5.41, 5.74) is 1.96. The van der Waals surface area contributed by atoms with E-state index in [-0.39, 0.29) is 17.3 Å². The Kier molecular flexibility index (Phi) is 4.38. The number of fused-ring (bicyclic) bond motifs is 3. The molecule has 2 aromatic heterocycles. The van der Waals surface area contributed by atoms with E-state index in [4.69, 9.17) is 11.6 Å². The monoisotopic (exact) mass is 400 g/mol. The summed E-state index contributed by atoms with van der Waals surface area (Å²) in [6.45, 7) is 6.46. The Morgan fingerprint density at radius 1 is 1.18 bits per heavy atom. The van der Waals surface area contributed by atoms with Gasteiger partial charge in [0.2, 0.25) is 5.95 Å². The van der Waals surface area contributed by atoms with Crippen molar-refractivity contribution in [3.8, 4) is 0 Å². The van der Waals surface area contributed by atoms with Crippen LogP contribution in [0.25, 0.3) is 11.2 Å². The van der Waals surface area contributed by atoms with Gasteiger partial charge in [-0.15, -0.1) is 0 Å². The standard InChI is InChI=1S/C19H21ClN6O2/c1-5-24-17(27)15-16(23(4)19(24)28)21-18-25(22-11(2)12(3)26(15)18)10-13-6-8-14(20)9-7-13/h6-9,12H,5,10H2,1-4H3/t12-/m1/s1. The van der Waals surface area contributed by atoms with Crippen molar-refractivity contribution in [2.24, 2.45) is 12.1 Å². The van der Waals surface area contributed by atoms with E-state index in [1.54, 1.807) is 19.0 Å². The lowest BCUT2D eigenvalue weighted by Gasteiger charge is -2.29. The van der Waals surface area contributed by atoms with Gasteiger partial charge in [0.25, 0.3) is 5.56 Å². The number of anilines is 1. The third-order valence-electron chi connectivity index (χ3n) is 5.22.